The van der Waals surface area contributed by atoms with Crippen LogP contribution in [0.25, 0.3) is 0 Å². The molecule has 4 rings (SSSR count). The molecular weight excluding hydrogens is 428 g/mol. The van der Waals surface area contributed by atoms with Crippen molar-refractivity contribution in [1.29, 1.82) is 0 Å². The van der Waals surface area contributed by atoms with Gasteiger partial charge in [0.05, 0.1) is 12.3 Å². The van der Waals surface area contributed by atoms with Crippen LogP contribution in [0.2, 0.25) is 0 Å². The number of carboxylic acid groups (broad SMARTS) is 2. The first-order chi connectivity index (χ1) is 15.3. The van der Waals surface area contributed by atoms with Crippen LogP contribution in [0.15, 0.2) is 23.8 Å². The summed E-state index contributed by atoms with van der Waals surface area (Å²) in [7, 11) is 0. The van der Waals surface area contributed by atoms with Crippen LogP contribution in [-0.2, 0) is 24.0 Å². The molecule has 4 aliphatic carbocycles. The van der Waals surface area contributed by atoms with Crippen LogP contribution in [0, 0.1) is 34.5 Å². The number of aliphatic hydroxyl groups is 1. The first kappa shape index (κ1) is 23.5. The Morgan fingerprint density at radius 3 is 2.45 bits per heavy atom. The Bertz CT molecular complexity index is 1010. The molecule has 0 spiro atoms. The minimum atomic E-state index is -1.88. The minimum Gasteiger partial charge on any atom is -0.481 e. The molecule has 3 saturated carbocycles. The zero-order chi connectivity index (χ0) is 24.3. The zero-order valence-electron chi connectivity index (χ0n) is 18.9. The lowest BCUT2D eigenvalue weighted by Gasteiger charge is -2.56. The van der Waals surface area contributed by atoms with Gasteiger partial charge in [0.2, 0.25) is 0 Å². The summed E-state index contributed by atoms with van der Waals surface area (Å²) in [6.07, 6.45) is 5.66. The molecular formula is C25H30O8. The molecule has 0 heterocycles. The van der Waals surface area contributed by atoms with Crippen LogP contribution in [0.4, 0.5) is 0 Å². The lowest BCUT2D eigenvalue weighted by atomic mass is 9.46. The van der Waals surface area contributed by atoms with E-state index in [1.54, 1.807) is 13.0 Å². The average molecular weight is 459 g/mol. The predicted molar refractivity (Wildman–Crippen MR) is 115 cm³/mol. The third-order valence-corrected chi connectivity index (χ3v) is 9.07. The van der Waals surface area contributed by atoms with Gasteiger partial charge in [-0.1, -0.05) is 25.5 Å². The van der Waals surface area contributed by atoms with E-state index in [4.69, 9.17) is 5.11 Å². The van der Waals surface area contributed by atoms with E-state index >= 15 is 0 Å². The fraction of sp³-hybridized carbons (Fsp3) is 0.640. The standard InChI is InChI=1S/C25H30O8/c1-23-7-5-15(26)11-14(23)3-4-16-17-6-8-25(33,24(17,2)12-18(27)21(16)23)19(28)9-13(22(31)32)10-20(29)30/h5,7,11,13,16-17,21,33H,3-4,6,8-10,12H2,1-2H3,(H,29,30)(H,31,32)/t13?,16-,17-,21+,23-,24-,25-/m0/s1. The van der Waals surface area contributed by atoms with E-state index in [9.17, 15) is 34.2 Å². The Hall–Kier alpha value is -2.61. The van der Waals surface area contributed by atoms with Gasteiger partial charge >= 0.3 is 11.9 Å². The van der Waals surface area contributed by atoms with E-state index < -0.39 is 52.9 Å². The number of aliphatic carboxylic acids is 2. The summed E-state index contributed by atoms with van der Waals surface area (Å²) in [4.78, 5) is 61.2. The summed E-state index contributed by atoms with van der Waals surface area (Å²) in [5.41, 5.74) is -2.52. The van der Waals surface area contributed by atoms with E-state index in [1.807, 2.05) is 13.0 Å². The highest BCUT2D eigenvalue weighted by Gasteiger charge is 2.68. The van der Waals surface area contributed by atoms with Crippen LogP contribution >= 0.6 is 0 Å². The highest BCUT2D eigenvalue weighted by Crippen LogP contribution is 2.66. The van der Waals surface area contributed by atoms with Gasteiger partial charge < -0.3 is 15.3 Å². The zero-order valence-corrected chi connectivity index (χ0v) is 18.9. The number of hydrogen-bond donors (Lipinski definition) is 3. The van der Waals surface area contributed by atoms with Crippen molar-refractivity contribution in [3.8, 4) is 0 Å². The van der Waals surface area contributed by atoms with Crippen molar-refractivity contribution >= 4 is 29.3 Å². The van der Waals surface area contributed by atoms with Gasteiger partial charge in [-0.2, -0.15) is 0 Å². The molecule has 3 fully saturated rings. The fourth-order valence-electron chi connectivity index (χ4n) is 7.34. The number of Topliss-reactive ketones (excluding diaryl/α,β-unsaturated/α-hetero) is 2. The number of carboxylic acids is 2. The molecule has 3 N–H and O–H groups in total. The van der Waals surface area contributed by atoms with E-state index in [1.165, 1.54) is 6.08 Å². The molecule has 4 aliphatic rings. The maximum Gasteiger partial charge on any atom is 0.307 e. The van der Waals surface area contributed by atoms with Gasteiger partial charge in [0, 0.05) is 29.6 Å². The van der Waals surface area contributed by atoms with Crippen molar-refractivity contribution in [3.05, 3.63) is 23.8 Å². The molecule has 0 aromatic carbocycles. The molecule has 8 heteroatoms. The van der Waals surface area contributed by atoms with Gasteiger partial charge in [0.15, 0.2) is 11.6 Å². The summed E-state index contributed by atoms with van der Waals surface area (Å²) < 4.78 is 0. The summed E-state index contributed by atoms with van der Waals surface area (Å²) in [6, 6.07) is 0. The first-order valence-corrected chi connectivity index (χ1v) is 11.5. The Kier molecular flexibility index (Phi) is 5.51. The minimum absolute atomic E-state index is 0.0115. The molecule has 33 heavy (non-hydrogen) atoms. The maximum absolute atomic E-state index is 13.6. The van der Waals surface area contributed by atoms with Crippen LogP contribution in [0.1, 0.15) is 58.8 Å². The normalized spacial score (nSPS) is 40.3. The molecule has 0 aliphatic heterocycles. The van der Waals surface area contributed by atoms with Crippen molar-refractivity contribution < 1.29 is 39.3 Å². The van der Waals surface area contributed by atoms with Crippen molar-refractivity contribution in [3.63, 3.8) is 0 Å². The Morgan fingerprint density at radius 2 is 1.82 bits per heavy atom. The third-order valence-electron chi connectivity index (χ3n) is 9.07. The molecule has 0 amide bonds. The fourth-order valence-corrected chi connectivity index (χ4v) is 7.34. The molecule has 7 atom stereocenters. The molecule has 0 aromatic rings. The summed E-state index contributed by atoms with van der Waals surface area (Å²) in [5, 5.41) is 30.0. The van der Waals surface area contributed by atoms with Gasteiger partial charge in [-0.25, -0.2) is 0 Å². The molecule has 0 aromatic heterocycles. The Morgan fingerprint density at radius 1 is 1.12 bits per heavy atom. The van der Waals surface area contributed by atoms with Crippen LogP contribution in [0.5, 0.6) is 0 Å². The SMILES string of the molecule is C[C@]12C=CC(=O)C=C1CC[C@@H]1[C@@H]2C(=O)C[C@@]2(C)[C@H]1CC[C@]2(O)C(=O)CC(CC(=O)O)C(=O)O. The van der Waals surface area contributed by atoms with Crippen molar-refractivity contribution in [2.75, 3.05) is 0 Å². The quantitative estimate of drug-likeness (QED) is 0.550. The highest BCUT2D eigenvalue weighted by atomic mass is 16.4. The summed E-state index contributed by atoms with van der Waals surface area (Å²) in [5.74, 6) is -5.50. The van der Waals surface area contributed by atoms with Gasteiger partial charge in [-0.3, -0.25) is 24.0 Å². The number of fused-ring (bicyclic) bond motifs is 5. The lowest BCUT2D eigenvalue weighted by Crippen LogP contribution is -2.60. The summed E-state index contributed by atoms with van der Waals surface area (Å²) >= 11 is 0. The molecule has 8 nitrogen and oxygen atoms in total. The van der Waals surface area contributed by atoms with Crippen LogP contribution in [0.3, 0.4) is 0 Å². The second-order valence-corrected chi connectivity index (χ2v) is 10.7. The van der Waals surface area contributed by atoms with Crippen LogP contribution in [-0.4, -0.2) is 50.2 Å². The predicted octanol–water partition coefficient (Wildman–Crippen LogP) is 2.34. The molecule has 0 radical (unpaired) electrons. The Balaban J connectivity index is 1.64. The molecule has 0 saturated heterocycles. The number of allylic oxidation sites excluding steroid dienone is 4. The number of hydrogen-bond acceptors (Lipinski definition) is 6. The molecule has 0 bridgehead atoms. The third kappa shape index (κ3) is 3.41. The van der Waals surface area contributed by atoms with Gasteiger partial charge in [-0.05, 0) is 49.7 Å². The Labute approximate surface area is 191 Å². The number of carbonyl (C=O) groups excluding carboxylic acids is 3. The van der Waals surface area contributed by atoms with E-state index in [2.05, 4.69) is 0 Å². The average Bonchev–Trinajstić information content (AvgIpc) is 2.99. The molecule has 178 valence electrons. The smallest absolute Gasteiger partial charge is 0.307 e. The molecule has 1 unspecified atom stereocenters. The number of ketones is 3. The monoisotopic (exact) mass is 458 g/mol. The number of rotatable bonds is 6. The van der Waals surface area contributed by atoms with Gasteiger partial charge in [0.1, 0.15) is 11.4 Å². The second kappa shape index (κ2) is 7.72. The van der Waals surface area contributed by atoms with Crippen LogP contribution < -0.4 is 0 Å². The largest absolute Gasteiger partial charge is 0.481 e. The summed E-state index contributed by atoms with van der Waals surface area (Å²) in [6.45, 7) is 3.73. The lowest BCUT2D eigenvalue weighted by molar-refractivity contribution is -0.169. The van der Waals surface area contributed by atoms with Gasteiger partial charge in [0.25, 0.3) is 0 Å². The van der Waals surface area contributed by atoms with Crippen molar-refractivity contribution in [1.82, 2.24) is 0 Å². The topological polar surface area (TPSA) is 146 Å². The van der Waals surface area contributed by atoms with Crippen molar-refractivity contribution in [2.45, 2.75) is 64.4 Å². The number of carbonyl (C=O) groups is 5. The second-order valence-electron chi connectivity index (χ2n) is 10.7. The first-order valence-electron chi connectivity index (χ1n) is 11.5. The van der Waals surface area contributed by atoms with E-state index in [0.717, 1.165) is 5.57 Å². The highest BCUT2D eigenvalue weighted by molar-refractivity contribution is 6.02. The van der Waals surface area contributed by atoms with Gasteiger partial charge in [-0.15, -0.1) is 0 Å². The maximum atomic E-state index is 13.6. The van der Waals surface area contributed by atoms with E-state index in [0.29, 0.717) is 19.3 Å². The van der Waals surface area contributed by atoms with E-state index in [-0.39, 0.29) is 42.2 Å². The van der Waals surface area contributed by atoms with Crippen molar-refractivity contribution in [2.24, 2.45) is 34.5 Å².